The Morgan fingerprint density at radius 2 is 1.47 bits per heavy atom. The quantitative estimate of drug-likeness (QED) is 0.208. The lowest BCUT2D eigenvalue weighted by molar-refractivity contribution is -0.120. The Bertz CT molecular complexity index is 1900. The number of hydrogen-bond donors (Lipinski definition) is 2. The minimum atomic E-state index is -0.198. The normalized spacial score (nSPS) is 10.9. The molecule has 0 bridgehead atoms. The predicted molar refractivity (Wildman–Crippen MR) is 171 cm³/mol. The molecular weight excluding hydrogens is 534 g/mol. The van der Waals surface area contributed by atoms with Gasteiger partial charge in [-0.05, 0) is 60.5 Å². The van der Waals surface area contributed by atoms with Gasteiger partial charge in [0.1, 0.15) is 0 Å². The predicted octanol–water partition coefficient (Wildman–Crippen LogP) is 6.99. The maximum Gasteiger partial charge on any atom is 0.256 e. The highest BCUT2D eigenvalue weighted by atomic mass is 16.2. The molecule has 2 N–H and O–H groups in total. The molecule has 2 heterocycles. The molecule has 0 unspecified atom stereocenters. The summed E-state index contributed by atoms with van der Waals surface area (Å²) in [6.45, 7) is 2.08. The van der Waals surface area contributed by atoms with Gasteiger partial charge in [0.05, 0.1) is 28.2 Å². The molecule has 212 valence electrons. The molecule has 7 heteroatoms. The van der Waals surface area contributed by atoms with Crippen LogP contribution < -0.4 is 10.6 Å². The Kier molecular flexibility index (Phi) is 7.78. The topological polar surface area (TPSA) is 88.9 Å². The van der Waals surface area contributed by atoms with Crippen molar-refractivity contribution in [1.82, 2.24) is 20.1 Å². The highest BCUT2D eigenvalue weighted by molar-refractivity contribution is 6.12. The van der Waals surface area contributed by atoms with Gasteiger partial charge in [-0.3, -0.25) is 14.6 Å². The second-order valence-electron chi connectivity index (χ2n) is 10.4. The van der Waals surface area contributed by atoms with E-state index in [0.717, 1.165) is 44.7 Å². The molecule has 0 saturated carbocycles. The van der Waals surface area contributed by atoms with Gasteiger partial charge >= 0.3 is 0 Å². The number of benzene rings is 4. The molecule has 2 amide bonds. The van der Waals surface area contributed by atoms with Crippen LogP contribution in [0.3, 0.4) is 0 Å². The summed E-state index contributed by atoms with van der Waals surface area (Å²) in [7, 11) is 1.64. The van der Waals surface area contributed by atoms with E-state index in [-0.39, 0.29) is 11.8 Å². The van der Waals surface area contributed by atoms with Crippen LogP contribution in [0.15, 0.2) is 115 Å². The second-order valence-corrected chi connectivity index (χ2v) is 10.4. The van der Waals surface area contributed by atoms with E-state index in [1.807, 2.05) is 59.3 Å². The van der Waals surface area contributed by atoms with E-state index in [2.05, 4.69) is 71.1 Å². The maximum atomic E-state index is 13.1. The van der Waals surface area contributed by atoms with Crippen molar-refractivity contribution in [3.63, 3.8) is 0 Å². The van der Waals surface area contributed by atoms with E-state index in [9.17, 15) is 9.59 Å². The Morgan fingerprint density at radius 3 is 2.19 bits per heavy atom. The Balaban J connectivity index is 1.28. The zero-order valence-corrected chi connectivity index (χ0v) is 24.0. The molecule has 0 fully saturated rings. The zero-order chi connectivity index (χ0) is 29.8. The van der Waals surface area contributed by atoms with Crippen LogP contribution in [0.4, 0.5) is 5.69 Å². The highest BCUT2D eigenvalue weighted by Gasteiger charge is 2.15. The van der Waals surface area contributed by atoms with Crippen molar-refractivity contribution < 1.29 is 9.59 Å². The van der Waals surface area contributed by atoms with Crippen molar-refractivity contribution in [3.05, 3.63) is 132 Å². The lowest BCUT2D eigenvalue weighted by atomic mass is 10.0. The van der Waals surface area contributed by atoms with E-state index < -0.39 is 0 Å². The van der Waals surface area contributed by atoms with Crippen LogP contribution in [0.25, 0.3) is 39.0 Å². The first-order chi connectivity index (χ1) is 21.0. The van der Waals surface area contributed by atoms with Crippen LogP contribution in [0.5, 0.6) is 0 Å². The van der Waals surface area contributed by atoms with Crippen LogP contribution in [-0.4, -0.2) is 33.6 Å². The molecule has 4 aromatic carbocycles. The van der Waals surface area contributed by atoms with Gasteiger partial charge in [-0.2, -0.15) is 5.10 Å². The Labute approximate surface area is 250 Å². The van der Waals surface area contributed by atoms with Crippen molar-refractivity contribution in [1.29, 1.82) is 0 Å². The minimum absolute atomic E-state index is 0.0272. The van der Waals surface area contributed by atoms with Crippen molar-refractivity contribution in [2.75, 3.05) is 12.4 Å². The van der Waals surface area contributed by atoms with E-state index in [1.54, 1.807) is 19.3 Å². The fourth-order valence-electron chi connectivity index (χ4n) is 5.08. The molecule has 43 heavy (non-hydrogen) atoms. The molecule has 0 aliphatic heterocycles. The third-order valence-corrected chi connectivity index (χ3v) is 7.48. The number of carbonyl (C=O) groups excluding carboxylic acids is 2. The maximum absolute atomic E-state index is 13.1. The SMILES string of the molecule is CNC(=O)CCc1cc(-c2ccc(-c3ccc(C)cc3)cc2)n(-c2ccc(NC(=O)c3ccnc4ccccc34)cc2)n1. The lowest BCUT2D eigenvalue weighted by Gasteiger charge is -2.11. The molecule has 6 rings (SSSR count). The number of fused-ring (bicyclic) bond motifs is 1. The summed E-state index contributed by atoms with van der Waals surface area (Å²) in [5.74, 6) is -0.225. The van der Waals surface area contributed by atoms with E-state index in [4.69, 9.17) is 5.10 Å². The summed E-state index contributed by atoms with van der Waals surface area (Å²) in [6.07, 6.45) is 2.53. The highest BCUT2D eigenvalue weighted by Crippen LogP contribution is 2.29. The fraction of sp³-hybridized carbons (Fsp3) is 0.111. The molecule has 0 spiro atoms. The molecule has 7 nitrogen and oxygen atoms in total. The van der Waals surface area contributed by atoms with Gasteiger partial charge in [0.25, 0.3) is 5.91 Å². The number of aromatic nitrogens is 3. The van der Waals surface area contributed by atoms with E-state index in [0.29, 0.717) is 24.1 Å². The second kappa shape index (κ2) is 12.1. The van der Waals surface area contributed by atoms with Gasteiger partial charge in [-0.25, -0.2) is 4.68 Å². The van der Waals surface area contributed by atoms with Crippen LogP contribution in [0, 0.1) is 6.92 Å². The molecule has 0 radical (unpaired) electrons. The molecular formula is C36H31N5O2. The van der Waals surface area contributed by atoms with Crippen LogP contribution in [-0.2, 0) is 11.2 Å². The first-order valence-electron chi connectivity index (χ1n) is 14.2. The lowest BCUT2D eigenvalue weighted by Crippen LogP contribution is -2.18. The molecule has 0 saturated heterocycles. The molecule has 6 aromatic rings. The number of nitrogens with one attached hydrogen (secondary N) is 2. The summed E-state index contributed by atoms with van der Waals surface area (Å²) in [4.78, 5) is 29.4. The van der Waals surface area contributed by atoms with Crippen molar-refractivity contribution in [2.24, 2.45) is 0 Å². The van der Waals surface area contributed by atoms with Crippen LogP contribution >= 0.6 is 0 Å². The van der Waals surface area contributed by atoms with Gasteiger partial charge in [0, 0.05) is 42.7 Å². The van der Waals surface area contributed by atoms with Gasteiger partial charge in [0.15, 0.2) is 0 Å². The average molecular weight is 566 g/mol. The zero-order valence-electron chi connectivity index (χ0n) is 24.0. The summed E-state index contributed by atoms with van der Waals surface area (Å²) in [6, 6.07) is 35.9. The molecule has 0 atom stereocenters. The monoisotopic (exact) mass is 565 g/mol. The number of anilines is 1. The first-order valence-corrected chi connectivity index (χ1v) is 14.2. The minimum Gasteiger partial charge on any atom is -0.359 e. The number of hydrogen-bond acceptors (Lipinski definition) is 4. The summed E-state index contributed by atoms with van der Waals surface area (Å²) in [5, 5.41) is 11.4. The summed E-state index contributed by atoms with van der Waals surface area (Å²) >= 11 is 0. The smallest absolute Gasteiger partial charge is 0.256 e. The Morgan fingerprint density at radius 1 is 0.791 bits per heavy atom. The fourth-order valence-corrected chi connectivity index (χ4v) is 5.08. The summed E-state index contributed by atoms with van der Waals surface area (Å²) < 4.78 is 1.89. The van der Waals surface area contributed by atoms with Crippen molar-refractivity contribution in [3.8, 4) is 28.1 Å². The molecule has 2 aromatic heterocycles. The van der Waals surface area contributed by atoms with E-state index >= 15 is 0 Å². The first kappa shape index (κ1) is 27.6. The van der Waals surface area contributed by atoms with Crippen LogP contribution in [0.2, 0.25) is 0 Å². The number of nitrogens with zero attached hydrogens (tertiary/aromatic N) is 3. The number of pyridine rings is 1. The van der Waals surface area contributed by atoms with Gasteiger partial charge in [0.2, 0.25) is 5.91 Å². The third kappa shape index (κ3) is 6.06. The Hall–Kier alpha value is -5.56. The average Bonchev–Trinajstić information content (AvgIpc) is 3.48. The molecule has 0 aliphatic rings. The number of para-hydroxylation sites is 1. The van der Waals surface area contributed by atoms with Crippen molar-refractivity contribution in [2.45, 2.75) is 19.8 Å². The summed E-state index contributed by atoms with van der Waals surface area (Å²) in [5.41, 5.74) is 9.13. The van der Waals surface area contributed by atoms with E-state index in [1.165, 1.54) is 5.56 Å². The molecule has 0 aliphatic carbocycles. The number of rotatable bonds is 8. The number of carbonyl (C=O) groups is 2. The van der Waals surface area contributed by atoms with Crippen LogP contribution in [0.1, 0.15) is 28.0 Å². The third-order valence-electron chi connectivity index (χ3n) is 7.48. The van der Waals surface area contributed by atoms with Gasteiger partial charge < -0.3 is 10.6 Å². The van der Waals surface area contributed by atoms with Crippen molar-refractivity contribution >= 4 is 28.4 Å². The largest absolute Gasteiger partial charge is 0.359 e. The van der Waals surface area contributed by atoms with Gasteiger partial charge in [-0.15, -0.1) is 0 Å². The van der Waals surface area contributed by atoms with Gasteiger partial charge in [-0.1, -0.05) is 72.3 Å². The number of amides is 2. The number of aryl methyl sites for hydroxylation is 2. The standard InChI is InChI=1S/C36H31N5O2/c1-24-7-9-25(10-8-24)26-11-13-27(14-12-26)34-23-29(17-20-35(42)37-2)40-41(34)30-18-15-28(16-19-30)39-36(43)32-21-22-38-33-6-4-3-5-31(32)33/h3-16,18-19,21-23H,17,20H2,1-2H3,(H,37,42)(H,39,43).